The van der Waals surface area contributed by atoms with Crippen LogP contribution in [0.15, 0.2) is 22.7 Å². The van der Waals surface area contributed by atoms with Crippen molar-refractivity contribution in [2.75, 3.05) is 19.8 Å². The summed E-state index contributed by atoms with van der Waals surface area (Å²) in [4.78, 5) is 10.8. The lowest BCUT2D eigenvalue weighted by Gasteiger charge is -2.09. The van der Waals surface area contributed by atoms with Gasteiger partial charge in [-0.25, -0.2) is 0 Å². The molecule has 0 N–H and O–H groups in total. The molecule has 23 heavy (non-hydrogen) atoms. The highest BCUT2D eigenvalue weighted by Gasteiger charge is 2.14. The number of carbonyl (C=O) groups excluding carboxylic acids is 1. The van der Waals surface area contributed by atoms with E-state index in [4.69, 9.17) is 14.2 Å². The summed E-state index contributed by atoms with van der Waals surface area (Å²) in [5.41, 5.74) is 0.629. The van der Waals surface area contributed by atoms with Gasteiger partial charge in [-0.05, 0) is 37.5 Å². The van der Waals surface area contributed by atoms with E-state index in [0.29, 0.717) is 12.2 Å². The van der Waals surface area contributed by atoms with E-state index < -0.39 is 0 Å². The highest BCUT2D eigenvalue weighted by Crippen LogP contribution is 2.21. The molecule has 0 aromatic heterocycles. The average Bonchev–Trinajstić information content (AvgIpc) is 3.06. The average molecular weight is 385 g/mol. The Bertz CT molecular complexity index is 472. The topological polar surface area (TPSA) is 44.8 Å². The highest BCUT2D eigenvalue weighted by atomic mass is 79.9. The van der Waals surface area contributed by atoms with Crippen molar-refractivity contribution in [1.82, 2.24) is 0 Å². The molecule has 0 amide bonds. The summed E-state index contributed by atoms with van der Waals surface area (Å²) < 4.78 is 17.4. The van der Waals surface area contributed by atoms with E-state index in [1.807, 2.05) is 6.07 Å². The van der Waals surface area contributed by atoms with Gasteiger partial charge in [0.25, 0.3) is 0 Å². The van der Waals surface area contributed by atoms with Gasteiger partial charge in [-0.3, -0.25) is 4.79 Å². The summed E-state index contributed by atoms with van der Waals surface area (Å²) in [6, 6.07) is 5.44. The molecule has 128 valence electrons. The highest BCUT2D eigenvalue weighted by molar-refractivity contribution is 9.10. The molecule has 1 fully saturated rings. The Labute approximate surface area is 146 Å². The summed E-state index contributed by atoms with van der Waals surface area (Å²) in [5.74, 6) is 0.748. The van der Waals surface area contributed by atoms with E-state index in [1.54, 1.807) is 12.1 Å². The number of rotatable bonds is 11. The van der Waals surface area contributed by atoms with Crippen LogP contribution in [0.2, 0.25) is 0 Å². The zero-order chi connectivity index (χ0) is 16.3. The molecule has 1 aromatic carbocycles. The van der Waals surface area contributed by atoms with Crippen molar-refractivity contribution in [1.29, 1.82) is 0 Å². The van der Waals surface area contributed by atoms with Gasteiger partial charge in [0.2, 0.25) is 0 Å². The van der Waals surface area contributed by atoms with Gasteiger partial charge in [-0.2, -0.15) is 0 Å². The molecule has 0 spiro atoms. The lowest BCUT2D eigenvalue weighted by molar-refractivity contribution is -0.0480. The zero-order valence-corrected chi connectivity index (χ0v) is 15.1. The number of hydrogen-bond donors (Lipinski definition) is 0. The molecule has 0 radical (unpaired) electrons. The van der Waals surface area contributed by atoms with E-state index in [1.165, 1.54) is 32.1 Å². The van der Waals surface area contributed by atoms with Crippen LogP contribution < -0.4 is 4.74 Å². The lowest BCUT2D eigenvalue weighted by Crippen LogP contribution is -2.06. The molecule has 2 rings (SSSR count). The molecule has 1 aromatic rings. The van der Waals surface area contributed by atoms with Gasteiger partial charge in [-0.1, -0.05) is 41.6 Å². The zero-order valence-electron chi connectivity index (χ0n) is 13.5. The van der Waals surface area contributed by atoms with Crippen molar-refractivity contribution in [3.63, 3.8) is 0 Å². The fourth-order valence-electron chi connectivity index (χ4n) is 2.62. The quantitative estimate of drug-likeness (QED) is 0.408. The maximum absolute atomic E-state index is 10.8. The van der Waals surface area contributed by atoms with E-state index in [2.05, 4.69) is 15.9 Å². The number of hydrogen-bond acceptors (Lipinski definition) is 4. The van der Waals surface area contributed by atoms with Gasteiger partial charge in [-0.15, -0.1) is 0 Å². The van der Waals surface area contributed by atoms with Crippen LogP contribution in [0, 0.1) is 0 Å². The first-order valence-electron chi connectivity index (χ1n) is 8.40. The molecule has 0 unspecified atom stereocenters. The third-order valence-electron chi connectivity index (χ3n) is 3.82. The van der Waals surface area contributed by atoms with Gasteiger partial charge in [0.15, 0.2) is 6.29 Å². The summed E-state index contributed by atoms with van der Waals surface area (Å²) >= 11 is 3.38. The Morgan fingerprint density at radius 1 is 1.04 bits per heavy atom. The summed E-state index contributed by atoms with van der Waals surface area (Å²) in [6.45, 7) is 2.19. The van der Waals surface area contributed by atoms with Gasteiger partial charge >= 0.3 is 0 Å². The first-order valence-corrected chi connectivity index (χ1v) is 9.19. The predicted octanol–water partition coefficient (Wildman–Crippen LogP) is 4.74. The van der Waals surface area contributed by atoms with Gasteiger partial charge in [0.1, 0.15) is 12.0 Å². The lowest BCUT2D eigenvalue weighted by atomic mass is 10.1. The van der Waals surface area contributed by atoms with Crippen LogP contribution in [0.1, 0.15) is 55.3 Å². The van der Waals surface area contributed by atoms with Crippen LogP contribution >= 0.6 is 15.9 Å². The van der Waals surface area contributed by atoms with Crippen LogP contribution in [0.3, 0.4) is 0 Å². The van der Waals surface area contributed by atoms with E-state index in [9.17, 15) is 4.79 Å². The Morgan fingerprint density at radius 3 is 2.48 bits per heavy atom. The monoisotopic (exact) mass is 384 g/mol. The van der Waals surface area contributed by atoms with Crippen LogP contribution in [-0.2, 0) is 9.47 Å². The molecular formula is C18H25BrO4. The number of unbranched alkanes of at least 4 members (excludes halogenated alkanes) is 5. The van der Waals surface area contributed by atoms with Crippen molar-refractivity contribution in [2.45, 2.75) is 51.2 Å². The van der Waals surface area contributed by atoms with E-state index >= 15 is 0 Å². The maximum atomic E-state index is 10.8. The number of benzene rings is 1. The SMILES string of the molecule is O=Cc1cc(Br)cc(OCCCCCCCCC2OCCO2)c1. The second-order valence-corrected chi connectivity index (χ2v) is 6.68. The van der Waals surface area contributed by atoms with Crippen molar-refractivity contribution in [3.8, 4) is 5.75 Å². The molecule has 0 bridgehead atoms. The van der Waals surface area contributed by atoms with Crippen molar-refractivity contribution in [2.24, 2.45) is 0 Å². The fraction of sp³-hybridized carbons (Fsp3) is 0.611. The second-order valence-electron chi connectivity index (χ2n) is 5.77. The molecule has 1 aliphatic rings. The molecule has 1 saturated heterocycles. The molecule has 5 heteroatoms. The van der Waals surface area contributed by atoms with E-state index in [-0.39, 0.29) is 6.29 Å². The Balaban J connectivity index is 1.46. The third-order valence-corrected chi connectivity index (χ3v) is 4.28. The Hall–Kier alpha value is -0.910. The van der Waals surface area contributed by atoms with Crippen LogP contribution in [-0.4, -0.2) is 32.4 Å². The molecule has 0 aliphatic carbocycles. The van der Waals surface area contributed by atoms with Gasteiger partial charge in [0.05, 0.1) is 19.8 Å². The van der Waals surface area contributed by atoms with Crippen molar-refractivity contribution < 1.29 is 19.0 Å². The predicted molar refractivity (Wildman–Crippen MR) is 93.0 cm³/mol. The maximum Gasteiger partial charge on any atom is 0.157 e. The minimum absolute atomic E-state index is 0.0462. The number of halogens is 1. The molecule has 4 nitrogen and oxygen atoms in total. The minimum Gasteiger partial charge on any atom is -0.494 e. The second kappa shape index (κ2) is 10.8. The summed E-state index contributed by atoms with van der Waals surface area (Å²) in [6.07, 6.45) is 9.00. The van der Waals surface area contributed by atoms with Crippen LogP contribution in [0.25, 0.3) is 0 Å². The normalized spacial score (nSPS) is 15.0. The third kappa shape index (κ3) is 7.46. The molecule has 1 aliphatic heterocycles. The molecule has 0 atom stereocenters. The van der Waals surface area contributed by atoms with Crippen LogP contribution in [0.5, 0.6) is 5.75 Å². The molecular weight excluding hydrogens is 360 g/mol. The fourth-order valence-corrected chi connectivity index (χ4v) is 3.11. The van der Waals surface area contributed by atoms with Gasteiger partial charge in [0, 0.05) is 10.0 Å². The first kappa shape index (κ1) is 18.4. The van der Waals surface area contributed by atoms with E-state index in [0.717, 1.165) is 42.6 Å². The molecule has 1 heterocycles. The first-order chi connectivity index (χ1) is 11.3. The van der Waals surface area contributed by atoms with Crippen LogP contribution in [0.4, 0.5) is 0 Å². The number of carbonyl (C=O) groups is 1. The summed E-state index contributed by atoms with van der Waals surface area (Å²) in [7, 11) is 0. The Kier molecular flexibility index (Phi) is 8.64. The molecule has 0 saturated carbocycles. The number of ether oxygens (including phenoxy) is 3. The standard InChI is InChI=1S/C18H25BrO4/c19-16-11-15(14-20)12-17(13-16)21-8-6-4-2-1-3-5-7-18-22-9-10-23-18/h11-14,18H,1-10H2. The number of aldehydes is 1. The smallest absolute Gasteiger partial charge is 0.157 e. The minimum atomic E-state index is 0.0462. The van der Waals surface area contributed by atoms with Crippen molar-refractivity contribution in [3.05, 3.63) is 28.2 Å². The summed E-state index contributed by atoms with van der Waals surface area (Å²) in [5, 5.41) is 0. The van der Waals surface area contributed by atoms with Gasteiger partial charge < -0.3 is 14.2 Å². The Morgan fingerprint density at radius 2 is 1.74 bits per heavy atom. The largest absolute Gasteiger partial charge is 0.494 e. The van der Waals surface area contributed by atoms with Crippen molar-refractivity contribution >= 4 is 22.2 Å².